The molecule has 0 aromatic carbocycles. The molecular formula is C11H16N2O3S. The van der Waals surface area contributed by atoms with E-state index in [-0.39, 0.29) is 11.1 Å². The van der Waals surface area contributed by atoms with Crippen LogP contribution in [0.4, 0.5) is 5.69 Å². The van der Waals surface area contributed by atoms with Gasteiger partial charge in [0, 0.05) is 19.4 Å². The molecule has 0 radical (unpaired) electrons. The van der Waals surface area contributed by atoms with Gasteiger partial charge in [-0.3, -0.25) is 0 Å². The molecular weight excluding hydrogens is 240 g/mol. The van der Waals surface area contributed by atoms with E-state index in [0.717, 1.165) is 37.9 Å². The number of rotatable bonds is 4. The second-order valence-electron chi connectivity index (χ2n) is 4.17. The molecule has 1 fully saturated rings. The summed E-state index contributed by atoms with van der Waals surface area (Å²) in [5.41, 5.74) is 0.813. The molecule has 17 heavy (non-hydrogen) atoms. The SMILES string of the molecule is CS(=O)(=O)c1ccc(NCC2CCCO2)cn1. The number of hydrogen-bond donors (Lipinski definition) is 1. The number of ether oxygens (including phenoxy) is 1. The summed E-state index contributed by atoms with van der Waals surface area (Å²) in [5, 5.41) is 3.28. The van der Waals surface area contributed by atoms with Gasteiger partial charge >= 0.3 is 0 Å². The third kappa shape index (κ3) is 3.41. The first-order chi connectivity index (χ1) is 8.05. The van der Waals surface area contributed by atoms with Crippen LogP contribution in [0.2, 0.25) is 0 Å². The number of hydrogen-bond acceptors (Lipinski definition) is 5. The maximum Gasteiger partial charge on any atom is 0.192 e. The van der Waals surface area contributed by atoms with E-state index in [1.54, 1.807) is 6.07 Å². The predicted octanol–water partition coefficient (Wildman–Crippen LogP) is 1.08. The van der Waals surface area contributed by atoms with Gasteiger partial charge in [0.25, 0.3) is 0 Å². The van der Waals surface area contributed by atoms with Crippen molar-refractivity contribution in [2.45, 2.75) is 24.0 Å². The minimum absolute atomic E-state index is 0.0974. The molecule has 2 heterocycles. The van der Waals surface area contributed by atoms with E-state index in [0.29, 0.717) is 0 Å². The van der Waals surface area contributed by atoms with Gasteiger partial charge in [-0.15, -0.1) is 0 Å². The van der Waals surface area contributed by atoms with E-state index in [9.17, 15) is 8.42 Å². The lowest BCUT2D eigenvalue weighted by Gasteiger charge is -2.11. The Bertz CT molecular complexity index is 464. The largest absolute Gasteiger partial charge is 0.381 e. The fourth-order valence-electron chi connectivity index (χ4n) is 1.74. The first-order valence-corrected chi connectivity index (χ1v) is 7.46. The van der Waals surface area contributed by atoms with E-state index in [2.05, 4.69) is 10.3 Å². The molecule has 6 heteroatoms. The Balaban J connectivity index is 1.94. The van der Waals surface area contributed by atoms with E-state index in [1.807, 2.05) is 0 Å². The van der Waals surface area contributed by atoms with E-state index >= 15 is 0 Å². The lowest BCUT2D eigenvalue weighted by molar-refractivity contribution is 0.120. The quantitative estimate of drug-likeness (QED) is 0.873. The van der Waals surface area contributed by atoms with E-state index in [4.69, 9.17) is 4.74 Å². The fraction of sp³-hybridized carbons (Fsp3) is 0.545. The number of sulfone groups is 1. The molecule has 94 valence electrons. The van der Waals surface area contributed by atoms with Gasteiger partial charge in [-0.1, -0.05) is 0 Å². The molecule has 1 aromatic rings. The number of anilines is 1. The van der Waals surface area contributed by atoms with Crippen molar-refractivity contribution in [2.24, 2.45) is 0 Å². The van der Waals surface area contributed by atoms with Crippen molar-refractivity contribution in [2.75, 3.05) is 24.7 Å². The van der Waals surface area contributed by atoms with Crippen LogP contribution in [0.3, 0.4) is 0 Å². The van der Waals surface area contributed by atoms with Crippen LogP contribution in [0, 0.1) is 0 Å². The Labute approximate surface area is 101 Å². The normalized spacial score (nSPS) is 20.4. The molecule has 1 unspecified atom stereocenters. The number of aromatic nitrogens is 1. The van der Waals surface area contributed by atoms with E-state index in [1.165, 1.54) is 12.3 Å². The first kappa shape index (κ1) is 12.3. The predicted molar refractivity (Wildman–Crippen MR) is 64.8 cm³/mol. The summed E-state index contributed by atoms with van der Waals surface area (Å²) in [6.07, 6.45) is 5.11. The third-order valence-corrected chi connectivity index (χ3v) is 3.68. The minimum atomic E-state index is -3.21. The molecule has 1 aromatic heterocycles. The second-order valence-corrected chi connectivity index (χ2v) is 6.14. The Morgan fingerprint density at radius 3 is 2.88 bits per heavy atom. The number of nitrogens with zero attached hydrogens (tertiary/aromatic N) is 1. The van der Waals surface area contributed by atoms with Gasteiger partial charge in [0.1, 0.15) is 0 Å². The van der Waals surface area contributed by atoms with Crippen molar-refractivity contribution in [3.05, 3.63) is 18.3 Å². The maximum absolute atomic E-state index is 11.2. The van der Waals surface area contributed by atoms with Gasteiger partial charge in [-0.25, -0.2) is 13.4 Å². The van der Waals surface area contributed by atoms with Crippen LogP contribution in [0.5, 0.6) is 0 Å². The molecule has 0 saturated carbocycles. The van der Waals surface area contributed by atoms with Crippen LogP contribution in [-0.2, 0) is 14.6 Å². The third-order valence-electron chi connectivity index (χ3n) is 2.67. The first-order valence-electron chi connectivity index (χ1n) is 5.57. The molecule has 1 N–H and O–H groups in total. The highest BCUT2D eigenvalue weighted by Gasteiger charge is 2.15. The van der Waals surface area contributed by atoms with Crippen molar-refractivity contribution < 1.29 is 13.2 Å². The fourth-order valence-corrected chi connectivity index (χ4v) is 2.30. The smallest absolute Gasteiger partial charge is 0.192 e. The molecule has 1 aliphatic heterocycles. The zero-order valence-electron chi connectivity index (χ0n) is 9.72. The van der Waals surface area contributed by atoms with Gasteiger partial charge in [-0.05, 0) is 25.0 Å². The monoisotopic (exact) mass is 256 g/mol. The molecule has 0 aliphatic carbocycles. The van der Waals surface area contributed by atoms with Crippen LogP contribution in [0.25, 0.3) is 0 Å². The standard InChI is InChI=1S/C11H16N2O3S/c1-17(14,15)11-5-4-9(7-13-11)12-8-10-3-2-6-16-10/h4-5,7,10,12H,2-3,6,8H2,1H3. The molecule has 0 spiro atoms. The topological polar surface area (TPSA) is 68.3 Å². The highest BCUT2D eigenvalue weighted by molar-refractivity contribution is 7.90. The van der Waals surface area contributed by atoms with Crippen LogP contribution in [0.1, 0.15) is 12.8 Å². The zero-order valence-corrected chi connectivity index (χ0v) is 10.5. The molecule has 5 nitrogen and oxygen atoms in total. The second kappa shape index (κ2) is 5.01. The van der Waals surface area contributed by atoms with Crippen LogP contribution in [0.15, 0.2) is 23.4 Å². The average Bonchev–Trinajstić information content (AvgIpc) is 2.78. The highest BCUT2D eigenvalue weighted by Crippen LogP contribution is 2.14. The van der Waals surface area contributed by atoms with Crippen LogP contribution in [-0.4, -0.2) is 38.9 Å². The Hall–Kier alpha value is -1.14. The van der Waals surface area contributed by atoms with Gasteiger partial charge in [0.15, 0.2) is 14.9 Å². The molecule has 2 rings (SSSR count). The van der Waals surface area contributed by atoms with E-state index < -0.39 is 9.84 Å². The Morgan fingerprint density at radius 2 is 2.35 bits per heavy atom. The van der Waals surface area contributed by atoms with Crippen molar-refractivity contribution in [3.8, 4) is 0 Å². The summed E-state index contributed by atoms with van der Waals surface area (Å²) >= 11 is 0. The summed E-state index contributed by atoms with van der Waals surface area (Å²) in [6, 6.07) is 3.23. The van der Waals surface area contributed by atoms with Crippen molar-refractivity contribution >= 4 is 15.5 Å². The summed E-state index contributed by atoms with van der Waals surface area (Å²) < 4.78 is 27.9. The van der Waals surface area contributed by atoms with Crippen molar-refractivity contribution in [1.82, 2.24) is 4.98 Å². The molecule has 0 amide bonds. The lowest BCUT2D eigenvalue weighted by Crippen LogP contribution is -2.18. The highest BCUT2D eigenvalue weighted by atomic mass is 32.2. The molecule has 1 saturated heterocycles. The van der Waals surface area contributed by atoms with Gasteiger partial charge in [0.2, 0.25) is 0 Å². The lowest BCUT2D eigenvalue weighted by atomic mass is 10.2. The van der Waals surface area contributed by atoms with Gasteiger partial charge in [-0.2, -0.15) is 0 Å². The van der Waals surface area contributed by atoms with Crippen LogP contribution >= 0.6 is 0 Å². The summed E-state index contributed by atoms with van der Waals surface area (Å²) in [6.45, 7) is 1.57. The molecule has 0 bridgehead atoms. The Morgan fingerprint density at radius 1 is 1.53 bits per heavy atom. The maximum atomic E-state index is 11.2. The number of nitrogens with one attached hydrogen (secondary N) is 1. The van der Waals surface area contributed by atoms with Crippen molar-refractivity contribution in [1.29, 1.82) is 0 Å². The zero-order chi connectivity index (χ0) is 12.3. The average molecular weight is 256 g/mol. The summed E-state index contributed by atoms with van der Waals surface area (Å²) in [4.78, 5) is 3.90. The summed E-state index contributed by atoms with van der Waals surface area (Å²) in [7, 11) is -3.21. The molecule has 1 atom stereocenters. The molecule has 1 aliphatic rings. The van der Waals surface area contributed by atoms with Gasteiger partial charge in [0.05, 0.1) is 18.0 Å². The van der Waals surface area contributed by atoms with Crippen molar-refractivity contribution in [3.63, 3.8) is 0 Å². The minimum Gasteiger partial charge on any atom is -0.381 e. The number of pyridine rings is 1. The Kier molecular flexibility index (Phi) is 3.63. The van der Waals surface area contributed by atoms with Crippen LogP contribution < -0.4 is 5.32 Å². The van der Waals surface area contributed by atoms with Gasteiger partial charge < -0.3 is 10.1 Å². The summed E-state index contributed by atoms with van der Waals surface area (Å²) in [5.74, 6) is 0.